The van der Waals surface area contributed by atoms with Gasteiger partial charge in [0.05, 0.1) is 5.92 Å². The quantitative estimate of drug-likeness (QED) is 0.905. The highest BCUT2D eigenvalue weighted by Gasteiger charge is 2.31. The highest BCUT2D eigenvalue weighted by molar-refractivity contribution is 6.30. The summed E-state index contributed by atoms with van der Waals surface area (Å²) in [4.78, 5) is 25.1. The number of hydrogen-bond donors (Lipinski definition) is 1. The second-order valence-electron chi connectivity index (χ2n) is 6.15. The first-order chi connectivity index (χ1) is 10.5. The lowest BCUT2D eigenvalue weighted by Gasteiger charge is -2.34. The van der Waals surface area contributed by atoms with Crippen molar-refractivity contribution < 1.29 is 14.7 Å². The van der Waals surface area contributed by atoms with E-state index in [0.29, 0.717) is 31.0 Å². The molecule has 0 radical (unpaired) electrons. The Labute approximate surface area is 136 Å². The summed E-state index contributed by atoms with van der Waals surface area (Å²) >= 11 is 5.84. The molecule has 2 atom stereocenters. The number of hydrogen-bond acceptors (Lipinski definition) is 2. The fourth-order valence-corrected chi connectivity index (χ4v) is 3.11. The zero-order valence-electron chi connectivity index (χ0n) is 12.8. The van der Waals surface area contributed by atoms with Gasteiger partial charge < -0.3 is 10.0 Å². The monoisotopic (exact) mass is 323 g/mol. The van der Waals surface area contributed by atoms with Crippen LogP contribution in [-0.2, 0) is 16.0 Å². The van der Waals surface area contributed by atoms with Crippen LogP contribution in [0.25, 0.3) is 0 Å². The lowest BCUT2D eigenvalue weighted by atomic mass is 9.90. The Hall–Kier alpha value is -1.55. The van der Waals surface area contributed by atoms with Crippen molar-refractivity contribution in [2.45, 2.75) is 32.6 Å². The van der Waals surface area contributed by atoms with Gasteiger partial charge in [-0.15, -0.1) is 0 Å². The third-order valence-corrected chi connectivity index (χ3v) is 4.38. The number of carbonyl (C=O) groups is 2. The van der Waals surface area contributed by atoms with Crippen LogP contribution in [0, 0.1) is 11.8 Å². The van der Waals surface area contributed by atoms with Crippen LogP contribution in [0.4, 0.5) is 0 Å². The van der Waals surface area contributed by atoms with Crippen molar-refractivity contribution in [3.63, 3.8) is 0 Å². The summed E-state index contributed by atoms with van der Waals surface area (Å²) < 4.78 is 0. The molecular formula is C17H22ClNO3. The lowest BCUT2D eigenvalue weighted by Crippen LogP contribution is -2.45. The molecule has 1 heterocycles. The van der Waals surface area contributed by atoms with Crippen LogP contribution >= 0.6 is 11.6 Å². The van der Waals surface area contributed by atoms with E-state index in [0.717, 1.165) is 18.4 Å². The van der Waals surface area contributed by atoms with Gasteiger partial charge in [-0.2, -0.15) is 0 Å². The van der Waals surface area contributed by atoms with Crippen LogP contribution in [0.15, 0.2) is 24.3 Å². The molecule has 5 heteroatoms. The minimum Gasteiger partial charge on any atom is -0.481 e. The first-order valence-electron chi connectivity index (χ1n) is 7.70. The van der Waals surface area contributed by atoms with Crippen molar-refractivity contribution in [1.82, 2.24) is 4.90 Å². The molecule has 1 aliphatic heterocycles. The largest absolute Gasteiger partial charge is 0.481 e. The number of piperidine rings is 1. The maximum absolute atomic E-state index is 12.3. The summed E-state index contributed by atoms with van der Waals surface area (Å²) in [6.07, 6.45) is 2.71. The molecule has 0 spiro atoms. The Balaban J connectivity index is 1.81. The molecule has 1 aliphatic rings. The normalized spacial score (nSPS) is 21.6. The Morgan fingerprint density at radius 1 is 1.27 bits per heavy atom. The molecule has 1 aromatic carbocycles. The Kier molecular flexibility index (Phi) is 5.83. The topological polar surface area (TPSA) is 57.6 Å². The summed E-state index contributed by atoms with van der Waals surface area (Å²) in [7, 11) is 0. The van der Waals surface area contributed by atoms with Crippen LogP contribution in [0.2, 0.25) is 5.02 Å². The van der Waals surface area contributed by atoms with Gasteiger partial charge in [0.15, 0.2) is 0 Å². The highest BCUT2D eigenvalue weighted by Crippen LogP contribution is 2.22. The molecule has 4 nitrogen and oxygen atoms in total. The van der Waals surface area contributed by atoms with Crippen molar-refractivity contribution in [2.24, 2.45) is 11.8 Å². The smallest absolute Gasteiger partial charge is 0.308 e. The second kappa shape index (κ2) is 7.63. The van der Waals surface area contributed by atoms with E-state index < -0.39 is 11.9 Å². The van der Waals surface area contributed by atoms with E-state index in [2.05, 4.69) is 0 Å². The minimum atomic E-state index is -0.800. The molecule has 1 aromatic rings. The van der Waals surface area contributed by atoms with E-state index in [1.165, 1.54) is 0 Å². The molecule has 2 rings (SSSR count). The van der Waals surface area contributed by atoms with E-state index in [9.17, 15) is 9.59 Å². The number of carbonyl (C=O) groups excluding carboxylic acids is 1. The third kappa shape index (κ3) is 4.73. The summed E-state index contributed by atoms with van der Waals surface area (Å²) in [5.74, 6) is -0.920. The number of amides is 1. The third-order valence-electron chi connectivity index (χ3n) is 4.13. The van der Waals surface area contributed by atoms with Crippen LogP contribution in [0.5, 0.6) is 0 Å². The van der Waals surface area contributed by atoms with Crippen LogP contribution in [-0.4, -0.2) is 35.0 Å². The summed E-state index contributed by atoms with van der Waals surface area (Å²) in [6, 6.07) is 7.64. The van der Waals surface area contributed by atoms with E-state index >= 15 is 0 Å². The Bertz CT molecular complexity index is 529. The van der Waals surface area contributed by atoms with Crippen LogP contribution < -0.4 is 0 Å². The first kappa shape index (κ1) is 16.8. The standard InChI is InChI=1S/C17H22ClNO3/c1-12-9-14(17(21)22)11-19(10-12)16(20)4-2-3-13-5-7-15(18)8-6-13/h5-8,12,14H,2-4,9-11H2,1H3,(H,21,22). The summed E-state index contributed by atoms with van der Waals surface area (Å²) in [6.45, 7) is 3.02. The summed E-state index contributed by atoms with van der Waals surface area (Å²) in [5.41, 5.74) is 1.16. The fourth-order valence-electron chi connectivity index (χ4n) is 2.99. The average molecular weight is 324 g/mol. The second-order valence-corrected chi connectivity index (χ2v) is 6.59. The maximum atomic E-state index is 12.3. The van der Waals surface area contributed by atoms with Crippen molar-refractivity contribution >= 4 is 23.5 Å². The molecule has 1 saturated heterocycles. The minimum absolute atomic E-state index is 0.0618. The summed E-state index contributed by atoms with van der Waals surface area (Å²) in [5, 5.41) is 9.86. The van der Waals surface area contributed by atoms with Gasteiger partial charge in [-0.3, -0.25) is 9.59 Å². The van der Waals surface area contributed by atoms with Crippen molar-refractivity contribution in [3.05, 3.63) is 34.9 Å². The van der Waals surface area contributed by atoms with Gasteiger partial charge >= 0.3 is 5.97 Å². The molecule has 22 heavy (non-hydrogen) atoms. The predicted octanol–water partition coefficient (Wildman–Crippen LogP) is 3.23. The molecular weight excluding hydrogens is 302 g/mol. The SMILES string of the molecule is CC1CC(C(=O)O)CN(C(=O)CCCc2ccc(Cl)cc2)C1. The van der Waals surface area contributed by atoms with Gasteiger partial charge in [-0.1, -0.05) is 30.7 Å². The average Bonchev–Trinajstić information content (AvgIpc) is 2.48. The number of benzene rings is 1. The molecule has 1 amide bonds. The van der Waals surface area contributed by atoms with Crippen LogP contribution in [0.1, 0.15) is 31.7 Å². The number of aliphatic carboxylic acids is 1. The number of carboxylic acid groups (broad SMARTS) is 1. The number of nitrogens with zero attached hydrogens (tertiary/aromatic N) is 1. The number of halogens is 1. The van der Waals surface area contributed by atoms with E-state index in [-0.39, 0.29) is 11.8 Å². The molecule has 120 valence electrons. The Morgan fingerprint density at radius 3 is 2.59 bits per heavy atom. The van der Waals surface area contributed by atoms with Gasteiger partial charge in [-0.05, 0) is 42.9 Å². The number of carboxylic acids is 1. The first-order valence-corrected chi connectivity index (χ1v) is 8.08. The molecule has 0 saturated carbocycles. The highest BCUT2D eigenvalue weighted by atomic mass is 35.5. The van der Waals surface area contributed by atoms with Gasteiger partial charge in [0, 0.05) is 24.5 Å². The van der Waals surface area contributed by atoms with E-state index in [4.69, 9.17) is 16.7 Å². The van der Waals surface area contributed by atoms with Crippen molar-refractivity contribution in [2.75, 3.05) is 13.1 Å². The molecule has 2 unspecified atom stereocenters. The van der Waals surface area contributed by atoms with Gasteiger partial charge in [0.25, 0.3) is 0 Å². The zero-order valence-corrected chi connectivity index (χ0v) is 13.6. The molecule has 1 fully saturated rings. The number of likely N-dealkylation sites (tertiary alicyclic amines) is 1. The lowest BCUT2D eigenvalue weighted by molar-refractivity contribution is -0.146. The Morgan fingerprint density at radius 2 is 1.95 bits per heavy atom. The molecule has 0 bridgehead atoms. The van der Waals surface area contributed by atoms with Crippen molar-refractivity contribution in [3.8, 4) is 0 Å². The van der Waals surface area contributed by atoms with Gasteiger partial charge in [-0.25, -0.2) is 0 Å². The van der Waals surface area contributed by atoms with Gasteiger partial charge in [0.1, 0.15) is 0 Å². The molecule has 0 aromatic heterocycles. The maximum Gasteiger partial charge on any atom is 0.308 e. The predicted molar refractivity (Wildman–Crippen MR) is 85.9 cm³/mol. The molecule has 1 N–H and O–H groups in total. The van der Waals surface area contributed by atoms with E-state index in [1.807, 2.05) is 31.2 Å². The van der Waals surface area contributed by atoms with Crippen molar-refractivity contribution in [1.29, 1.82) is 0 Å². The fraction of sp³-hybridized carbons (Fsp3) is 0.529. The zero-order chi connectivity index (χ0) is 16.1. The molecule has 0 aliphatic carbocycles. The number of aryl methyl sites for hydroxylation is 1. The number of rotatable bonds is 5. The van der Waals surface area contributed by atoms with Gasteiger partial charge in [0.2, 0.25) is 5.91 Å². The van der Waals surface area contributed by atoms with E-state index in [1.54, 1.807) is 4.90 Å². The van der Waals surface area contributed by atoms with Crippen LogP contribution in [0.3, 0.4) is 0 Å².